The highest BCUT2D eigenvalue weighted by atomic mass is 35.5. The molecular weight excluding hydrogens is 321 g/mol. The van der Waals surface area contributed by atoms with Gasteiger partial charge >= 0.3 is 0 Å². The van der Waals surface area contributed by atoms with Crippen molar-refractivity contribution in [2.75, 3.05) is 5.32 Å². The van der Waals surface area contributed by atoms with E-state index in [1.54, 1.807) is 11.3 Å². The van der Waals surface area contributed by atoms with Gasteiger partial charge in [0.2, 0.25) is 0 Å². The van der Waals surface area contributed by atoms with Crippen molar-refractivity contribution in [1.82, 2.24) is 0 Å². The third kappa shape index (κ3) is 2.87. The molecule has 1 aromatic heterocycles. The van der Waals surface area contributed by atoms with Crippen molar-refractivity contribution in [1.29, 1.82) is 0 Å². The van der Waals surface area contributed by atoms with E-state index < -0.39 is 0 Å². The number of hydrogen-bond donors (Lipinski definition) is 1. The molecule has 0 bridgehead atoms. The largest absolute Gasteiger partial charge is 0.378 e. The first-order valence-electron chi connectivity index (χ1n) is 6.13. The van der Waals surface area contributed by atoms with Gasteiger partial charge in [0.05, 0.1) is 20.4 Å². The van der Waals surface area contributed by atoms with Gasteiger partial charge in [-0.1, -0.05) is 34.8 Å². The number of thiophene rings is 1. The summed E-state index contributed by atoms with van der Waals surface area (Å²) in [6.45, 7) is 0. The van der Waals surface area contributed by atoms with Crippen LogP contribution in [-0.2, 0) is 6.42 Å². The first-order chi connectivity index (χ1) is 9.13. The fourth-order valence-electron chi connectivity index (χ4n) is 2.46. The zero-order valence-corrected chi connectivity index (χ0v) is 13.1. The number of nitrogens with one attached hydrogen (secondary N) is 1. The number of hydrogen-bond acceptors (Lipinski definition) is 2. The van der Waals surface area contributed by atoms with Crippen LogP contribution in [0.2, 0.25) is 14.4 Å². The van der Waals surface area contributed by atoms with E-state index in [-0.39, 0.29) is 0 Å². The maximum atomic E-state index is 6.12. The Labute approximate surface area is 131 Å². The van der Waals surface area contributed by atoms with E-state index in [0.717, 1.165) is 22.9 Å². The molecule has 0 fully saturated rings. The molecule has 100 valence electrons. The van der Waals surface area contributed by atoms with Gasteiger partial charge in [-0.05, 0) is 49.1 Å². The van der Waals surface area contributed by atoms with Crippen LogP contribution >= 0.6 is 46.1 Å². The number of rotatable bonds is 2. The molecule has 1 atom stereocenters. The molecule has 5 heteroatoms. The molecule has 1 unspecified atom stereocenters. The van der Waals surface area contributed by atoms with Crippen molar-refractivity contribution in [3.8, 4) is 0 Å². The number of anilines is 1. The summed E-state index contributed by atoms with van der Waals surface area (Å²) in [5.74, 6) is 0. The lowest BCUT2D eigenvalue weighted by Gasteiger charge is -2.24. The minimum absolute atomic E-state index is 0.310. The molecule has 0 saturated carbocycles. The molecule has 1 aliphatic rings. The highest BCUT2D eigenvalue weighted by Gasteiger charge is 2.22. The van der Waals surface area contributed by atoms with E-state index in [1.807, 2.05) is 18.2 Å². The third-order valence-corrected chi connectivity index (χ3v) is 5.42. The fourth-order valence-corrected chi connectivity index (χ4v) is 4.14. The summed E-state index contributed by atoms with van der Waals surface area (Å²) >= 11 is 19.8. The Hall–Kier alpha value is -0.410. The van der Waals surface area contributed by atoms with Crippen LogP contribution in [0.4, 0.5) is 5.69 Å². The highest BCUT2D eigenvalue weighted by molar-refractivity contribution is 7.16. The van der Waals surface area contributed by atoms with Gasteiger partial charge in [-0.3, -0.25) is 0 Å². The van der Waals surface area contributed by atoms with Crippen molar-refractivity contribution >= 4 is 51.8 Å². The molecule has 1 nitrogen and oxygen atoms in total. The standard InChI is InChI=1S/C14H12Cl3NS/c15-10-5-4-8(6-11(10)16)18-12-2-1-3-13-9(12)7-14(17)19-13/h4-7,12,18H,1-3H2. The number of aryl methyl sites for hydroxylation is 1. The molecule has 1 aliphatic carbocycles. The van der Waals surface area contributed by atoms with Crippen molar-refractivity contribution in [2.24, 2.45) is 0 Å². The first-order valence-corrected chi connectivity index (χ1v) is 8.08. The van der Waals surface area contributed by atoms with Crippen molar-refractivity contribution in [3.63, 3.8) is 0 Å². The van der Waals surface area contributed by atoms with E-state index in [9.17, 15) is 0 Å². The topological polar surface area (TPSA) is 12.0 Å². The lowest BCUT2D eigenvalue weighted by Crippen LogP contribution is -2.15. The van der Waals surface area contributed by atoms with Crippen LogP contribution in [0.3, 0.4) is 0 Å². The molecule has 1 N–H and O–H groups in total. The van der Waals surface area contributed by atoms with Crippen LogP contribution in [0.5, 0.6) is 0 Å². The summed E-state index contributed by atoms with van der Waals surface area (Å²) < 4.78 is 0.868. The second kappa shape index (κ2) is 5.53. The van der Waals surface area contributed by atoms with Gasteiger partial charge in [-0.15, -0.1) is 11.3 Å². The Balaban J connectivity index is 1.86. The SMILES string of the molecule is Clc1cc2c(s1)CCCC2Nc1ccc(Cl)c(Cl)c1. The fraction of sp³-hybridized carbons (Fsp3) is 0.286. The van der Waals surface area contributed by atoms with Crippen molar-refractivity contribution in [2.45, 2.75) is 25.3 Å². The predicted octanol–water partition coefficient (Wildman–Crippen LogP) is 6.20. The summed E-state index contributed by atoms with van der Waals surface area (Å²) in [5.41, 5.74) is 2.32. The summed E-state index contributed by atoms with van der Waals surface area (Å²) in [4.78, 5) is 1.40. The summed E-state index contributed by atoms with van der Waals surface area (Å²) in [5, 5.41) is 4.68. The Bertz CT molecular complexity index is 609. The third-order valence-electron chi connectivity index (χ3n) is 3.34. The number of fused-ring (bicyclic) bond motifs is 1. The van der Waals surface area contributed by atoms with E-state index in [2.05, 4.69) is 11.4 Å². The van der Waals surface area contributed by atoms with Crippen LogP contribution < -0.4 is 5.32 Å². The van der Waals surface area contributed by atoms with Gasteiger partial charge in [0, 0.05) is 10.6 Å². The Morgan fingerprint density at radius 3 is 2.74 bits per heavy atom. The molecule has 0 amide bonds. The minimum Gasteiger partial charge on any atom is -0.378 e. The van der Waals surface area contributed by atoms with Gasteiger partial charge < -0.3 is 5.32 Å². The average molecular weight is 333 g/mol. The van der Waals surface area contributed by atoms with Crippen LogP contribution in [0.1, 0.15) is 29.3 Å². The zero-order chi connectivity index (χ0) is 13.4. The molecule has 1 heterocycles. The molecule has 19 heavy (non-hydrogen) atoms. The predicted molar refractivity (Wildman–Crippen MR) is 85.1 cm³/mol. The van der Waals surface area contributed by atoms with Crippen LogP contribution in [0.25, 0.3) is 0 Å². The van der Waals surface area contributed by atoms with Gasteiger partial charge in [-0.25, -0.2) is 0 Å². The monoisotopic (exact) mass is 331 g/mol. The van der Waals surface area contributed by atoms with Gasteiger partial charge in [0.15, 0.2) is 0 Å². The number of benzene rings is 1. The lowest BCUT2D eigenvalue weighted by atomic mass is 9.94. The normalized spacial score (nSPS) is 18.2. The van der Waals surface area contributed by atoms with Gasteiger partial charge in [-0.2, -0.15) is 0 Å². The quantitative estimate of drug-likeness (QED) is 0.690. The summed E-state index contributed by atoms with van der Waals surface area (Å²) in [7, 11) is 0. The molecule has 0 spiro atoms. The van der Waals surface area contributed by atoms with Crippen LogP contribution in [0, 0.1) is 0 Å². The smallest absolute Gasteiger partial charge is 0.0934 e. The Morgan fingerprint density at radius 1 is 1.11 bits per heavy atom. The minimum atomic E-state index is 0.310. The molecule has 3 rings (SSSR count). The van der Waals surface area contributed by atoms with E-state index in [1.165, 1.54) is 16.9 Å². The maximum absolute atomic E-state index is 6.12. The molecule has 1 aromatic carbocycles. The van der Waals surface area contributed by atoms with Gasteiger partial charge in [0.25, 0.3) is 0 Å². The second-order valence-electron chi connectivity index (χ2n) is 4.65. The second-order valence-corrected chi connectivity index (χ2v) is 7.23. The van der Waals surface area contributed by atoms with Crippen LogP contribution in [0.15, 0.2) is 24.3 Å². The van der Waals surface area contributed by atoms with Crippen molar-refractivity contribution < 1.29 is 0 Å². The average Bonchev–Trinajstić information content (AvgIpc) is 2.75. The van der Waals surface area contributed by atoms with Gasteiger partial charge in [0.1, 0.15) is 0 Å². The Kier molecular flexibility index (Phi) is 3.95. The zero-order valence-electron chi connectivity index (χ0n) is 10.1. The van der Waals surface area contributed by atoms with E-state index >= 15 is 0 Å². The molecule has 0 aliphatic heterocycles. The molecule has 2 aromatic rings. The van der Waals surface area contributed by atoms with E-state index in [0.29, 0.717) is 16.1 Å². The lowest BCUT2D eigenvalue weighted by molar-refractivity contribution is 0.609. The summed E-state index contributed by atoms with van der Waals surface area (Å²) in [6, 6.07) is 8.03. The summed E-state index contributed by atoms with van der Waals surface area (Å²) in [6.07, 6.45) is 3.43. The maximum Gasteiger partial charge on any atom is 0.0934 e. The van der Waals surface area contributed by atoms with Crippen LogP contribution in [-0.4, -0.2) is 0 Å². The van der Waals surface area contributed by atoms with Crippen molar-refractivity contribution in [3.05, 3.63) is 49.1 Å². The first kappa shape index (κ1) is 13.6. The molecule has 0 radical (unpaired) electrons. The molecule has 0 saturated heterocycles. The van der Waals surface area contributed by atoms with E-state index in [4.69, 9.17) is 34.8 Å². The molecular formula is C14H12Cl3NS. The highest BCUT2D eigenvalue weighted by Crippen LogP contribution is 2.39. The number of halogens is 3. The Morgan fingerprint density at radius 2 is 1.95 bits per heavy atom.